The minimum Gasteiger partial charge on any atom is -0.456 e. The molecular formula is C28H17Cl4NO5. The Balaban J connectivity index is 1.29. The van der Waals surface area contributed by atoms with Gasteiger partial charge in [0.15, 0.2) is 6.61 Å². The Morgan fingerprint density at radius 2 is 1.26 bits per heavy atom. The summed E-state index contributed by atoms with van der Waals surface area (Å²) >= 11 is 26.6. The SMILES string of the molecule is O=C(CN1C(=O)[C@@H]2[C@H](C1=O)C1(Cl)c3ccccc3C2(Cl)c2ccccc21)OCC(=O)c1ccc(Cl)cc1Cl. The first-order valence-corrected chi connectivity index (χ1v) is 13.2. The van der Waals surface area contributed by atoms with Crippen LogP contribution >= 0.6 is 46.4 Å². The number of imide groups is 1. The second kappa shape index (κ2) is 8.82. The van der Waals surface area contributed by atoms with Gasteiger partial charge in [-0.1, -0.05) is 71.7 Å². The number of rotatable bonds is 5. The van der Waals surface area contributed by atoms with Crippen molar-refractivity contribution in [2.24, 2.45) is 11.8 Å². The number of carbonyl (C=O) groups excluding carboxylic acids is 4. The van der Waals surface area contributed by atoms with E-state index in [2.05, 4.69) is 0 Å². The van der Waals surface area contributed by atoms with Crippen LogP contribution in [0.15, 0.2) is 66.7 Å². The smallest absolute Gasteiger partial charge is 0.326 e. The Bertz CT molecular complexity index is 1450. The molecule has 1 fully saturated rings. The molecule has 0 unspecified atom stereocenters. The maximum atomic E-state index is 13.7. The van der Waals surface area contributed by atoms with Crippen LogP contribution in [0.3, 0.4) is 0 Å². The molecule has 2 bridgehead atoms. The maximum Gasteiger partial charge on any atom is 0.326 e. The third-order valence-corrected chi connectivity index (χ3v) is 9.39. The van der Waals surface area contributed by atoms with Crippen molar-refractivity contribution in [3.05, 3.63) is 105 Å². The average Bonchev–Trinajstić information content (AvgIpc) is 3.16. The zero-order valence-corrected chi connectivity index (χ0v) is 22.4. The van der Waals surface area contributed by atoms with Gasteiger partial charge in [0.2, 0.25) is 17.6 Å². The van der Waals surface area contributed by atoms with Gasteiger partial charge in [-0.25, -0.2) is 0 Å². The Morgan fingerprint density at radius 3 is 1.71 bits per heavy atom. The summed E-state index contributed by atoms with van der Waals surface area (Å²) in [4.78, 5) is 50.8. The van der Waals surface area contributed by atoms with E-state index in [1.807, 2.05) is 48.5 Å². The molecule has 192 valence electrons. The van der Waals surface area contributed by atoms with E-state index in [1.54, 1.807) is 0 Å². The van der Waals surface area contributed by atoms with Crippen molar-refractivity contribution in [2.75, 3.05) is 13.2 Å². The number of esters is 1. The van der Waals surface area contributed by atoms with Crippen LogP contribution in [-0.2, 0) is 28.9 Å². The Morgan fingerprint density at radius 1 is 0.789 bits per heavy atom. The summed E-state index contributed by atoms with van der Waals surface area (Å²) in [6.07, 6.45) is 0. The van der Waals surface area contributed by atoms with E-state index >= 15 is 0 Å². The number of likely N-dealkylation sites (tertiary alicyclic amines) is 1. The summed E-state index contributed by atoms with van der Waals surface area (Å²) in [7, 11) is 0. The molecule has 0 spiro atoms. The standard InChI is InChI=1S/C28H17Cl4NO5/c29-14-9-10-15(20(30)11-14)21(34)13-38-22(35)12-33-25(36)23-24(26(33)37)28(32)17-6-2-1-5-16(17)27(23,31)18-7-3-4-8-19(18)28/h1-11,23-24H,12-13H2/t23-,24+,27?,28?. The maximum absolute atomic E-state index is 13.7. The van der Waals surface area contributed by atoms with Crippen LogP contribution in [0.5, 0.6) is 0 Å². The van der Waals surface area contributed by atoms with Gasteiger partial charge in [-0.05, 0) is 40.5 Å². The summed E-state index contributed by atoms with van der Waals surface area (Å²) in [5, 5.41) is 0.463. The van der Waals surface area contributed by atoms with Crippen molar-refractivity contribution in [1.82, 2.24) is 4.90 Å². The highest BCUT2D eigenvalue weighted by atomic mass is 35.5. The third kappa shape index (κ3) is 3.34. The van der Waals surface area contributed by atoms with E-state index in [1.165, 1.54) is 18.2 Å². The number of halogens is 4. The molecule has 0 N–H and O–H groups in total. The van der Waals surface area contributed by atoms with Crippen LogP contribution in [0.25, 0.3) is 0 Å². The Labute approximate surface area is 237 Å². The van der Waals surface area contributed by atoms with Crippen molar-refractivity contribution in [1.29, 1.82) is 0 Å². The number of hydrogen-bond donors (Lipinski definition) is 0. The number of amides is 2. The quantitative estimate of drug-likeness (QED) is 0.175. The zero-order chi connectivity index (χ0) is 27.0. The lowest BCUT2D eigenvalue weighted by Gasteiger charge is -2.54. The molecule has 1 heterocycles. The van der Waals surface area contributed by atoms with Gasteiger partial charge in [-0.3, -0.25) is 24.1 Å². The zero-order valence-electron chi connectivity index (χ0n) is 19.4. The number of benzene rings is 3. The van der Waals surface area contributed by atoms with Gasteiger partial charge < -0.3 is 4.74 Å². The van der Waals surface area contributed by atoms with Crippen molar-refractivity contribution in [3.63, 3.8) is 0 Å². The van der Waals surface area contributed by atoms with E-state index in [0.717, 1.165) is 4.90 Å². The van der Waals surface area contributed by atoms with Gasteiger partial charge in [0, 0.05) is 10.6 Å². The van der Waals surface area contributed by atoms with Gasteiger partial charge in [0.25, 0.3) is 0 Å². The largest absolute Gasteiger partial charge is 0.456 e. The minimum absolute atomic E-state index is 0.113. The van der Waals surface area contributed by atoms with Crippen LogP contribution < -0.4 is 0 Å². The fraction of sp³-hybridized carbons (Fsp3) is 0.214. The lowest BCUT2D eigenvalue weighted by Crippen LogP contribution is -2.57. The molecule has 2 amide bonds. The first kappa shape index (κ1) is 25.4. The minimum atomic E-state index is -1.35. The number of ether oxygens (including phenoxy) is 1. The number of ketones is 1. The second-order valence-electron chi connectivity index (χ2n) is 9.44. The summed E-state index contributed by atoms with van der Waals surface area (Å²) in [6.45, 7) is -1.31. The van der Waals surface area contributed by atoms with E-state index in [9.17, 15) is 19.2 Å². The molecular weight excluding hydrogens is 572 g/mol. The second-order valence-corrected chi connectivity index (χ2v) is 11.5. The van der Waals surface area contributed by atoms with Crippen molar-refractivity contribution in [2.45, 2.75) is 9.75 Å². The van der Waals surface area contributed by atoms with Gasteiger partial charge in [-0.15, -0.1) is 23.2 Å². The van der Waals surface area contributed by atoms with Crippen molar-refractivity contribution < 1.29 is 23.9 Å². The predicted molar refractivity (Wildman–Crippen MR) is 142 cm³/mol. The topological polar surface area (TPSA) is 80.8 Å². The lowest BCUT2D eigenvalue weighted by molar-refractivity contribution is -0.152. The van der Waals surface area contributed by atoms with Gasteiger partial charge in [0.1, 0.15) is 16.3 Å². The average molecular weight is 589 g/mol. The Hall–Kier alpha value is -2.90. The van der Waals surface area contributed by atoms with Crippen LogP contribution in [-0.4, -0.2) is 41.6 Å². The highest BCUT2D eigenvalue weighted by Gasteiger charge is 2.73. The molecule has 3 aromatic carbocycles. The molecule has 10 heteroatoms. The normalized spacial score (nSPS) is 26.6. The highest BCUT2D eigenvalue weighted by Crippen LogP contribution is 2.69. The molecule has 3 aliphatic carbocycles. The van der Waals surface area contributed by atoms with Gasteiger partial charge >= 0.3 is 5.97 Å². The van der Waals surface area contributed by atoms with E-state index in [-0.39, 0.29) is 10.6 Å². The molecule has 1 saturated heterocycles. The molecule has 3 aromatic rings. The highest BCUT2D eigenvalue weighted by molar-refractivity contribution is 6.37. The molecule has 0 saturated carbocycles. The number of nitrogens with zero attached hydrogens (tertiary/aromatic N) is 1. The van der Waals surface area contributed by atoms with E-state index in [0.29, 0.717) is 27.3 Å². The number of Topliss-reactive ketones (excluding diaryl/α,β-unsaturated/α-hetero) is 1. The molecule has 2 atom stereocenters. The first-order chi connectivity index (χ1) is 18.1. The molecule has 38 heavy (non-hydrogen) atoms. The first-order valence-electron chi connectivity index (χ1n) is 11.7. The summed E-state index contributed by atoms with van der Waals surface area (Å²) < 4.78 is 5.11. The molecule has 6 nitrogen and oxygen atoms in total. The molecule has 7 rings (SSSR count). The fourth-order valence-corrected chi connectivity index (χ4v) is 7.61. The summed E-state index contributed by atoms with van der Waals surface area (Å²) in [5.41, 5.74) is 2.77. The van der Waals surface area contributed by atoms with Gasteiger partial charge in [0.05, 0.1) is 16.9 Å². The van der Waals surface area contributed by atoms with E-state index in [4.69, 9.17) is 51.1 Å². The third-order valence-electron chi connectivity index (χ3n) is 7.56. The van der Waals surface area contributed by atoms with Crippen LogP contribution in [0, 0.1) is 11.8 Å². The predicted octanol–water partition coefficient (Wildman–Crippen LogP) is 5.31. The summed E-state index contributed by atoms with van der Waals surface area (Å²) in [5.74, 6) is -4.78. The van der Waals surface area contributed by atoms with E-state index < -0.39 is 58.3 Å². The van der Waals surface area contributed by atoms with Crippen LogP contribution in [0.1, 0.15) is 32.6 Å². The van der Waals surface area contributed by atoms with Gasteiger partial charge in [-0.2, -0.15) is 0 Å². The monoisotopic (exact) mass is 587 g/mol. The molecule has 1 aliphatic heterocycles. The number of hydrogen-bond acceptors (Lipinski definition) is 5. The lowest BCUT2D eigenvalue weighted by atomic mass is 9.54. The molecule has 4 aliphatic rings. The van der Waals surface area contributed by atoms with Crippen molar-refractivity contribution >= 4 is 70.0 Å². The molecule has 0 aromatic heterocycles. The van der Waals surface area contributed by atoms with Crippen molar-refractivity contribution in [3.8, 4) is 0 Å². The summed E-state index contributed by atoms with van der Waals surface area (Å²) in [6, 6.07) is 18.8. The molecule has 0 radical (unpaired) electrons. The Kier molecular flexibility index (Phi) is 5.89. The van der Waals surface area contributed by atoms with Crippen LogP contribution in [0.2, 0.25) is 10.0 Å². The number of carbonyl (C=O) groups is 4. The number of alkyl halides is 2. The fourth-order valence-electron chi connectivity index (χ4n) is 5.99. The van der Waals surface area contributed by atoms with Crippen LogP contribution in [0.4, 0.5) is 0 Å².